The van der Waals surface area contributed by atoms with Gasteiger partial charge in [0.1, 0.15) is 17.1 Å². The van der Waals surface area contributed by atoms with E-state index < -0.39 is 0 Å². The van der Waals surface area contributed by atoms with Crippen molar-refractivity contribution in [3.05, 3.63) is 40.9 Å². The number of ether oxygens (including phenoxy) is 1. The third-order valence-corrected chi connectivity index (χ3v) is 3.81. The maximum absolute atomic E-state index is 12.4. The fraction of sp³-hybridized carbons (Fsp3) is 0.200. The van der Waals surface area contributed by atoms with Crippen LogP contribution < -0.4 is 10.1 Å². The highest BCUT2D eigenvalue weighted by Gasteiger charge is 2.16. The van der Waals surface area contributed by atoms with E-state index in [0.29, 0.717) is 40.1 Å². The van der Waals surface area contributed by atoms with Crippen molar-refractivity contribution in [2.45, 2.75) is 13.8 Å². The molecule has 0 aliphatic rings. The maximum atomic E-state index is 12.4. The second kappa shape index (κ2) is 6.57. The first-order valence-corrected chi connectivity index (χ1v) is 7.85. The fourth-order valence-corrected chi connectivity index (χ4v) is 2.69. The largest absolute Gasteiger partial charge is 0.493 e. The summed E-state index contributed by atoms with van der Waals surface area (Å²) >= 11 is 1.31. The molecule has 0 spiro atoms. The number of amides is 1. The minimum atomic E-state index is -0.273. The lowest BCUT2D eigenvalue weighted by molar-refractivity contribution is 0.102. The summed E-state index contributed by atoms with van der Waals surface area (Å²) in [6.07, 6.45) is 0. The molecule has 0 fully saturated rings. The Morgan fingerprint density at radius 3 is 2.91 bits per heavy atom. The number of anilines is 1. The molecule has 2 heterocycles. The average molecular weight is 330 g/mol. The van der Waals surface area contributed by atoms with Gasteiger partial charge in [0, 0.05) is 5.38 Å². The molecule has 0 aliphatic carbocycles. The van der Waals surface area contributed by atoms with Gasteiger partial charge in [-0.2, -0.15) is 0 Å². The van der Waals surface area contributed by atoms with Gasteiger partial charge >= 0.3 is 0 Å². The van der Waals surface area contributed by atoms with E-state index in [4.69, 9.17) is 4.74 Å². The third kappa shape index (κ3) is 3.21. The fourth-order valence-electron chi connectivity index (χ4n) is 2.00. The van der Waals surface area contributed by atoms with Gasteiger partial charge in [0.2, 0.25) is 0 Å². The number of benzene rings is 1. The van der Waals surface area contributed by atoms with Gasteiger partial charge in [-0.3, -0.25) is 10.1 Å². The minimum Gasteiger partial charge on any atom is -0.493 e. The highest BCUT2D eigenvalue weighted by Crippen LogP contribution is 2.26. The van der Waals surface area contributed by atoms with Crippen LogP contribution in [0.25, 0.3) is 11.4 Å². The summed E-state index contributed by atoms with van der Waals surface area (Å²) in [6, 6.07) is 7.08. The molecule has 1 N–H and O–H groups in total. The molecule has 23 heavy (non-hydrogen) atoms. The van der Waals surface area contributed by atoms with Gasteiger partial charge < -0.3 is 4.74 Å². The second-order valence-corrected chi connectivity index (χ2v) is 5.48. The molecule has 2 aromatic heterocycles. The van der Waals surface area contributed by atoms with E-state index in [2.05, 4.69) is 25.2 Å². The topological polar surface area (TPSA) is 90.1 Å². The van der Waals surface area contributed by atoms with Crippen LogP contribution in [-0.4, -0.2) is 27.8 Å². The van der Waals surface area contributed by atoms with Crippen LogP contribution in [0.3, 0.4) is 0 Å². The summed E-state index contributed by atoms with van der Waals surface area (Å²) in [5.74, 6) is 0.269. The second-order valence-electron chi connectivity index (χ2n) is 4.62. The molecule has 0 aliphatic heterocycles. The molecule has 1 amide bonds. The Balaban J connectivity index is 1.79. The molecular weight excluding hydrogens is 316 g/mol. The van der Waals surface area contributed by atoms with Gasteiger partial charge in [0.05, 0.1) is 12.2 Å². The Hall–Kier alpha value is -2.74. The molecule has 7 nitrogen and oxygen atoms in total. The molecular formula is C15H14N4O3S. The standard InChI is InChI=1S/C15H14N4O3S/c1-3-21-12-7-5-4-6-10(12)14(20)17-15-16-11(8-23-15)13-9(2)18-22-19-13/h4-8H,3H2,1-2H3,(H,16,17,20). The van der Waals surface area contributed by atoms with Gasteiger partial charge in [-0.15, -0.1) is 11.3 Å². The average Bonchev–Trinajstić information content (AvgIpc) is 3.17. The van der Waals surface area contributed by atoms with E-state index in [9.17, 15) is 4.79 Å². The van der Waals surface area contributed by atoms with Crippen LogP contribution in [0.4, 0.5) is 5.13 Å². The van der Waals surface area contributed by atoms with E-state index in [1.807, 2.05) is 13.0 Å². The van der Waals surface area contributed by atoms with Crippen molar-refractivity contribution in [2.24, 2.45) is 0 Å². The van der Waals surface area contributed by atoms with Crippen molar-refractivity contribution in [1.29, 1.82) is 0 Å². The van der Waals surface area contributed by atoms with E-state index in [1.165, 1.54) is 11.3 Å². The van der Waals surface area contributed by atoms with E-state index in [0.717, 1.165) is 0 Å². The van der Waals surface area contributed by atoms with Gasteiger partial charge in [-0.25, -0.2) is 9.61 Å². The monoisotopic (exact) mass is 330 g/mol. The molecule has 3 aromatic rings. The normalized spacial score (nSPS) is 10.5. The number of rotatable bonds is 5. The first kappa shape index (κ1) is 15.2. The Morgan fingerprint density at radius 2 is 2.17 bits per heavy atom. The molecule has 8 heteroatoms. The summed E-state index contributed by atoms with van der Waals surface area (Å²) in [5.41, 5.74) is 2.29. The Kier molecular flexibility index (Phi) is 4.33. The van der Waals surface area contributed by atoms with Gasteiger partial charge in [-0.1, -0.05) is 17.3 Å². The molecule has 0 radical (unpaired) electrons. The molecule has 0 unspecified atom stereocenters. The molecule has 0 saturated carbocycles. The number of carbonyl (C=O) groups excluding carboxylic acids is 1. The zero-order valence-corrected chi connectivity index (χ0v) is 13.4. The number of para-hydroxylation sites is 1. The number of hydrogen-bond acceptors (Lipinski definition) is 7. The van der Waals surface area contributed by atoms with Crippen LogP contribution >= 0.6 is 11.3 Å². The summed E-state index contributed by atoms with van der Waals surface area (Å²) in [6.45, 7) is 4.14. The minimum absolute atomic E-state index is 0.273. The zero-order valence-electron chi connectivity index (χ0n) is 12.6. The number of aryl methyl sites for hydroxylation is 1. The Labute approximate surface area is 136 Å². The highest BCUT2D eigenvalue weighted by molar-refractivity contribution is 7.14. The number of aromatic nitrogens is 3. The highest BCUT2D eigenvalue weighted by atomic mass is 32.1. The van der Waals surface area contributed by atoms with Gasteiger partial charge in [0.15, 0.2) is 10.8 Å². The molecule has 118 valence electrons. The maximum Gasteiger partial charge on any atom is 0.261 e. The number of nitrogens with zero attached hydrogens (tertiary/aromatic N) is 3. The Morgan fingerprint density at radius 1 is 1.35 bits per heavy atom. The van der Waals surface area contributed by atoms with Crippen molar-refractivity contribution in [3.63, 3.8) is 0 Å². The van der Waals surface area contributed by atoms with Crippen LogP contribution in [-0.2, 0) is 0 Å². The number of thiazole rings is 1. The van der Waals surface area contributed by atoms with Crippen molar-refractivity contribution in [1.82, 2.24) is 15.3 Å². The first-order valence-electron chi connectivity index (χ1n) is 6.97. The van der Waals surface area contributed by atoms with Crippen molar-refractivity contribution in [3.8, 4) is 17.1 Å². The first-order chi connectivity index (χ1) is 11.2. The summed E-state index contributed by atoms with van der Waals surface area (Å²) in [5, 5.41) is 12.5. The van der Waals surface area contributed by atoms with E-state index >= 15 is 0 Å². The predicted octanol–water partition coefficient (Wildman–Crippen LogP) is 3.15. The lowest BCUT2D eigenvalue weighted by Crippen LogP contribution is -2.13. The lowest BCUT2D eigenvalue weighted by Gasteiger charge is -2.08. The van der Waals surface area contributed by atoms with Crippen LogP contribution in [0.15, 0.2) is 34.3 Å². The smallest absolute Gasteiger partial charge is 0.261 e. The van der Waals surface area contributed by atoms with E-state index in [-0.39, 0.29) is 5.91 Å². The number of carbonyl (C=O) groups is 1. The molecule has 0 atom stereocenters. The summed E-state index contributed by atoms with van der Waals surface area (Å²) in [7, 11) is 0. The summed E-state index contributed by atoms with van der Waals surface area (Å²) < 4.78 is 10.1. The van der Waals surface area contributed by atoms with Crippen molar-refractivity contribution < 1.29 is 14.2 Å². The number of hydrogen-bond donors (Lipinski definition) is 1. The molecule has 3 rings (SSSR count). The van der Waals surface area contributed by atoms with Gasteiger partial charge in [-0.05, 0) is 31.1 Å². The zero-order chi connectivity index (χ0) is 16.2. The van der Waals surface area contributed by atoms with Crippen molar-refractivity contribution >= 4 is 22.4 Å². The SMILES string of the molecule is CCOc1ccccc1C(=O)Nc1nc(-c2nonc2C)cs1. The van der Waals surface area contributed by atoms with Crippen molar-refractivity contribution in [2.75, 3.05) is 11.9 Å². The molecule has 0 saturated heterocycles. The van der Waals surface area contributed by atoms with E-state index in [1.54, 1.807) is 30.5 Å². The summed E-state index contributed by atoms with van der Waals surface area (Å²) in [4.78, 5) is 16.7. The third-order valence-electron chi connectivity index (χ3n) is 3.05. The molecule has 1 aromatic carbocycles. The predicted molar refractivity (Wildman–Crippen MR) is 85.7 cm³/mol. The molecule has 0 bridgehead atoms. The van der Waals surface area contributed by atoms with Crippen LogP contribution in [0.5, 0.6) is 5.75 Å². The lowest BCUT2D eigenvalue weighted by atomic mass is 10.2. The van der Waals surface area contributed by atoms with Gasteiger partial charge in [0.25, 0.3) is 5.91 Å². The quantitative estimate of drug-likeness (QED) is 0.773. The number of nitrogens with one attached hydrogen (secondary N) is 1. The van der Waals surface area contributed by atoms with Crippen LogP contribution in [0.2, 0.25) is 0 Å². The Bertz CT molecular complexity index is 828. The van der Waals surface area contributed by atoms with Crippen LogP contribution in [0, 0.1) is 6.92 Å². The van der Waals surface area contributed by atoms with Crippen LogP contribution in [0.1, 0.15) is 23.0 Å².